The molecule has 1 aromatic carbocycles. The Morgan fingerprint density at radius 3 is 2.23 bits per heavy atom. The molecule has 0 spiro atoms. The summed E-state index contributed by atoms with van der Waals surface area (Å²) in [4.78, 5) is 11.4. The van der Waals surface area contributed by atoms with Gasteiger partial charge in [-0.2, -0.15) is 0 Å². The van der Waals surface area contributed by atoms with Gasteiger partial charge in [0.15, 0.2) is 0 Å². The molecule has 1 fully saturated rings. The number of hydrogen-bond acceptors (Lipinski definition) is 4. The molecule has 1 aromatic rings. The Bertz CT molecular complexity index is 552. The Hall–Kier alpha value is -1.55. The second kappa shape index (κ2) is 19.2. The second-order valence-electron chi connectivity index (χ2n) is 8.47. The molecule has 0 N–H and O–H groups in total. The molecule has 1 aliphatic heterocycles. The first kappa shape index (κ1) is 27.5. The smallest absolute Gasteiger partial charge is 0.338 e. The van der Waals surface area contributed by atoms with Crippen LogP contribution in [0.5, 0.6) is 5.75 Å². The largest absolute Gasteiger partial charge is 0.497 e. The molecule has 1 atom stereocenters. The summed E-state index contributed by atoms with van der Waals surface area (Å²) in [6.07, 6.45) is 19.7. The minimum Gasteiger partial charge on any atom is -0.497 e. The van der Waals surface area contributed by atoms with Crippen LogP contribution in [0, 0.1) is 0 Å². The average molecular weight is 435 g/mol. The van der Waals surface area contributed by atoms with Crippen LogP contribution in [0.25, 0.3) is 0 Å². The number of methoxy groups -OCH3 is 1. The van der Waals surface area contributed by atoms with Crippen molar-refractivity contribution in [1.82, 2.24) is 0 Å². The number of benzene rings is 1. The molecule has 4 nitrogen and oxygen atoms in total. The number of ether oxygens (including phenoxy) is 3. The van der Waals surface area contributed by atoms with Crippen molar-refractivity contribution < 1.29 is 19.0 Å². The first-order valence-corrected chi connectivity index (χ1v) is 12.6. The van der Waals surface area contributed by atoms with E-state index in [1.165, 1.54) is 83.5 Å². The van der Waals surface area contributed by atoms with Crippen LogP contribution >= 0.6 is 0 Å². The second-order valence-corrected chi connectivity index (χ2v) is 8.47. The summed E-state index contributed by atoms with van der Waals surface area (Å²) in [5.74, 6) is 0.363. The maximum absolute atomic E-state index is 11.4. The number of unbranched alkanes of at least 4 members (excludes halogenated alkanes) is 9. The minimum absolute atomic E-state index is 0.300. The van der Waals surface area contributed by atoms with Gasteiger partial charge >= 0.3 is 5.97 Å². The summed E-state index contributed by atoms with van der Waals surface area (Å²) in [7, 11) is 1.57. The third kappa shape index (κ3) is 14.2. The van der Waals surface area contributed by atoms with Gasteiger partial charge in [0.2, 0.25) is 0 Å². The first-order chi connectivity index (χ1) is 15.2. The monoisotopic (exact) mass is 434 g/mol. The van der Waals surface area contributed by atoms with E-state index >= 15 is 0 Å². The van der Waals surface area contributed by atoms with Crippen molar-refractivity contribution in [3.05, 3.63) is 29.8 Å². The molecular formula is C27H46O4. The minimum atomic E-state index is -0.300. The highest BCUT2D eigenvalue weighted by molar-refractivity contribution is 5.89. The average Bonchev–Trinajstić information content (AvgIpc) is 3.33. The van der Waals surface area contributed by atoms with E-state index < -0.39 is 0 Å². The number of rotatable bonds is 15. The van der Waals surface area contributed by atoms with Crippen molar-refractivity contribution in [3.8, 4) is 5.75 Å². The fourth-order valence-corrected chi connectivity index (χ4v) is 3.76. The van der Waals surface area contributed by atoms with E-state index in [1.54, 1.807) is 31.4 Å². The fourth-order valence-electron chi connectivity index (χ4n) is 3.76. The van der Waals surface area contributed by atoms with Gasteiger partial charge in [0.1, 0.15) is 5.75 Å². The van der Waals surface area contributed by atoms with Crippen LogP contribution in [0.4, 0.5) is 0 Å². The summed E-state index contributed by atoms with van der Waals surface area (Å²) in [5.41, 5.74) is 0.526. The highest BCUT2D eigenvalue weighted by atomic mass is 16.5. The molecule has 2 rings (SSSR count). The van der Waals surface area contributed by atoms with E-state index in [0.29, 0.717) is 24.0 Å². The molecule has 0 saturated carbocycles. The van der Waals surface area contributed by atoms with E-state index in [-0.39, 0.29) is 5.97 Å². The molecule has 0 radical (unpaired) electrons. The molecule has 0 amide bonds. The van der Waals surface area contributed by atoms with Gasteiger partial charge in [-0.25, -0.2) is 4.79 Å². The number of carbonyl (C=O) groups excluding carboxylic acids is 1. The molecule has 1 aliphatic rings. The molecule has 178 valence electrons. The predicted molar refractivity (Wildman–Crippen MR) is 129 cm³/mol. The van der Waals surface area contributed by atoms with Crippen LogP contribution in [0.15, 0.2) is 24.3 Å². The van der Waals surface area contributed by atoms with Gasteiger partial charge in [-0.1, -0.05) is 84.1 Å². The maximum Gasteiger partial charge on any atom is 0.338 e. The van der Waals surface area contributed by atoms with Gasteiger partial charge in [-0.05, 0) is 43.9 Å². The van der Waals surface area contributed by atoms with Crippen LogP contribution in [-0.2, 0) is 9.47 Å². The van der Waals surface area contributed by atoms with Crippen molar-refractivity contribution in [1.29, 1.82) is 0 Å². The van der Waals surface area contributed by atoms with Gasteiger partial charge in [0, 0.05) is 6.61 Å². The van der Waals surface area contributed by atoms with E-state index in [0.717, 1.165) is 13.0 Å². The molecule has 1 saturated heterocycles. The SMILES string of the molecule is CCCCCCCCCCCCC1CCCO1.CCCOC(=O)c1cccc(OC)c1. The lowest BCUT2D eigenvalue weighted by Gasteiger charge is -2.08. The van der Waals surface area contributed by atoms with E-state index in [1.807, 2.05) is 6.92 Å². The first-order valence-electron chi connectivity index (χ1n) is 12.6. The van der Waals surface area contributed by atoms with Gasteiger partial charge in [0.05, 0.1) is 25.4 Å². The van der Waals surface area contributed by atoms with Crippen LogP contribution < -0.4 is 4.74 Å². The van der Waals surface area contributed by atoms with Crippen LogP contribution in [-0.4, -0.2) is 32.4 Å². The molecule has 31 heavy (non-hydrogen) atoms. The summed E-state index contributed by atoms with van der Waals surface area (Å²) in [5, 5.41) is 0. The number of hydrogen-bond donors (Lipinski definition) is 0. The topological polar surface area (TPSA) is 44.8 Å². The molecule has 0 aromatic heterocycles. The Balaban J connectivity index is 0.000000316. The van der Waals surface area contributed by atoms with Crippen molar-refractivity contribution in [2.24, 2.45) is 0 Å². The predicted octanol–water partition coefficient (Wildman–Crippen LogP) is 7.74. The van der Waals surface area contributed by atoms with Crippen LogP contribution in [0.2, 0.25) is 0 Å². The maximum atomic E-state index is 11.4. The molecule has 1 heterocycles. The number of carbonyl (C=O) groups is 1. The number of esters is 1. The van der Waals surface area contributed by atoms with Crippen molar-refractivity contribution in [2.45, 2.75) is 110 Å². The Morgan fingerprint density at radius 2 is 1.65 bits per heavy atom. The highest BCUT2D eigenvalue weighted by Gasteiger charge is 2.14. The zero-order valence-electron chi connectivity index (χ0n) is 20.3. The summed E-state index contributed by atoms with van der Waals surface area (Å²) < 4.78 is 15.6. The molecular weight excluding hydrogens is 388 g/mol. The van der Waals surface area contributed by atoms with E-state index in [2.05, 4.69) is 6.92 Å². The zero-order chi connectivity index (χ0) is 22.6. The summed E-state index contributed by atoms with van der Waals surface area (Å²) in [6.45, 7) is 5.71. The third-order valence-corrected chi connectivity index (χ3v) is 5.65. The molecule has 0 aliphatic carbocycles. The van der Waals surface area contributed by atoms with Gasteiger partial charge < -0.3 is 14.2 Å². The molecule has 1 unspecified atom stereocenters. The van der Waals surface area contributed by atoms with Crippen molar-refractivity contribution in [3.63, 3.8) is 0 Å². The lowest BCUT2D eigenvalue weighted by atomic mass is 10.0. The van der Waals surface area contributed by atoms with Gasteiger partial charge in [-0.3, -0.25) is 0 Å². The normalized spacial score (nSPS) is 15.3. The lowest BCUT2D eigenvalue weighted by molar-refractivity contribution is 0.0504. The Morgan fingerprint density at radius 1 is 0.968 bits per heavy atom. The molecule has 0 bridgehead atoms. The van der Waals surface area contributed by atoms with E-state index in [4.69, 9.17) is 14.2 Å². The zero-order valence-corrected chi connectivity index (χ0v) is 20.3. The van der Waals surface area contributed by atoms with E-state index in [9.17, 15) is 4.79 Å². The standard InChI is InChI=1S/C16H32O.C11H14O3/c1-2-3-4-5-6-7-8-9-10-11-13-16-14-12-15-17-16;1-3-7-14-11(12)9-5-4-6-10(8-9)13-2/h16H,2-15H2,1H3;4-6,8H,3,7H2,1-2H3. The summed E-state index contributed by atoms with van der Waals surface area (Å²) in [6, 6.07) is 6.93. The van der Waals surface area contributed by atoms with Crippen molar-refractivity contribution in [2.75, 3.05) is 20.3 Å². The van der Waals surface area contributed by atoms with Crippen LogP contribution in [0.1, 0.15) is 114 Å². The summed E-state index contributed by atoms with van der Waals surface area (Å²) >= 11 is 0. The highest BCUT2D eigenvalue weighted by Crippen LogP contribution is 2.19. The molecule has 4 heteroatoms. The van der Waals surface area contributed by atoms with Crippen molar-refractivity contribution >= 4 is 5.97 Å². The van der Waals surface area contributed by atoms with Crippen LogP contribution in [0.3, 0.4) is 0 Å². The quantitative estimate of drug-likeness (QED) is 0.209. The Labute approximate surface area is 191 Å². The van der Waals surface area contributed by atoms with Gasteiger partial charge in [0.25, 0.3) is 0 Å². The fraction of sp³-hybridized carbons (Fsp3) is 0.741. The third-order valence-electron chi connectivity index (χ3n) is 5.65. The van der Waals surface area contributed by atoms with Gasteiger partial charge in [-0.15, -0.1) is 0 Å². The Kier molecular flexibility index (Phi) is 17.0. The lowest BCUT2D eigenvalue weighted by Crippen LogP contribution is -2.05.